The molecule has 1 unspecified atom stereocenters. The van der Waals surface area contributed by atoms with Crippen LogP contribution in [0.25, 0.3) is 0 Å². The second kappa shape index (κ2) is 5.86. The first kappa shape index (κ1) is 14.1. The van der Waals surface area contributed by atoms with Crippen LogP contribution in [0.3, 0.4) is 0 Å². The highest BCUT2D eigenvalue weighted by atomic mass is 127. The summed E-state index contributed by atoms with van der Waals surface area (Å²) in [5.74, 6) is 0. The lowest BCUT2D eigenvalue weighted by atomic mass is 9.68. The van der Waals surface area contributed by atoms with E-state index >= 15 is 0 Å². The van der Waals surface area contributed by atoms with E-state index in [1.54, 1.807) is 0 Å². The van der Waals surface area contributed by atoms with Gasteiger partial charge in [-0.25, -0.2) is 0 Å². The summed E-state index contributed by atoms with van der Waals surface area (Å²) < 4.78 is 1.29. The molecule has 0 spiro atoms. The zero-order valence-corrected chi connectivity index (χ0v) is 13.8. The van der Waals surface area contributed by atoms with E-state index in [9.17, 15) is 0 Å². The molecule has 1 nitrogen and oxygen atoms in total. The van der Waals surface area contributed by atoms with Gasteiger partial charge in [0.2, 0.25) is 0 Å². The minimum absolute atomic E-state index is 0.237. The quantitative estimate of drug-likeness (QED) is 0.805. The van der Waals surface area contributed by atoms with Gasteiger partial charge >= 0.3 is 0 Å². The Hall–Kier alpha value is -0.870. The van der Waals surface area contributed by atoms with E-state index < -0.39 is 0 Å². The van der Waals surface area contributed by atoms with Crippen LogP contribution in [0.15, 0.2) is 48.5 Å². The summed E-state index contributed by atoms with van der Waals surface area (Å²) in [7, 11) is 0. The molecule has 0 aliphatic heterocycles. The number of halogens is 1. The second-order valence-electron chi connectivity index (χ2n) is 5.95. The Labute approximate surface area is 134 Å². The van der Waals surface area contributed by atoms with Gasteiger partial charge in [0.15, 0.2) is 0 Å². The molecule has 0 amide bonds. The highest BCUT2D eigenvalue weighted by Crippen LogP contribution is 2.37. The first-order chi connectivity index (χ1) is 9.71. The summed E-state index contributed by atoms with van der Waals surface area (Å²) in [6.45, 7) is 0.771. The smallest absolute Gasteiger partial charge is 0.0130 e. The lowest BCUT2D eigenvalue weighted by Crippen LogP contribution is -2.38. The van der Waals surface area contributed by atoms with Crippen molar-refractivity contribution >= 4 is 22.6 Å². The van der Waals surface area contributed by atoms with Gasteiger partial charge < -0.3 is 5.73 Å². The van der Waals surface area contributed by atoms with Gasteiger partial charge in [-0.3, -0.25) is 0 Å². The maximum Gasteiger partial charge on any atom is 0.0130 e. The number of rotatable bonds is 3. The summed E-state index contributed by atoms with van der Waals surface area (Å²) >= 11 is 2.36. The Kier molecular flexibility index (Phi) is 4.13. The van der Waals surface area contributed by atoms with Crippen molar-refractivity contribution in [3.63, 3.8) is 0 Å². The fourth-order valence-corrected chi connectivity index (χ4v) is 3.66. The van der Waals surface area contributed by atoms with Gasteiger partial charge in [0.25, 0.3) is 0 Å². The molecule has 20 heavy (non-hydrogen) atoms. The topological polar surface area (TPSA) is 26.0 Å². The number of aryl methyl sites for hydroxylation is 1. The van der Waals surface area contributed by atoms with Crippen LogP contribution in [0.1, 0.15) is 23.1 Å². The molecule has 3 rings (SSSR count). The molecule has 0 saturated heterocycles. The second-order valence-corrected chi connectivity index (χ2v) is 7.20. The van der Waals surface area contributed by atoms with Crippen LogP contribution in [0.2, 0.25) is 0 Å². The van der Waals surface area contributed by atoms with E-state index in [2.05, 4.69) is 71.1 Å². The van der Waals surface area contributed by atoms with Gasteiger partial charge in [-0.15, -0.1) is 0 Å². The Morgan fingerprint density at radius 1 is 1.00 bits per heavy atom. The van der Waals surface area contributed by atoms with Crippen molar-refractivity contribution in [3.8, 4) is 0 Å². The molecule has 0 fully saturated rings. The number of hydrogen-bond donors (Lipinski definition) is 1. The van der Waals surface area contributed by atoms with Crippen LogP contribution < -0.4 is 5.73 Å². The van der Waals surface area contributed by atoms with Crippen LogP contribution >= 0.6 is 22.6 Å². The summed E-state index contributed by atoms with van der Waals surface area (Å²) in [6, 6.07) is 17.7. The van der Waals surface area contributed by atoms with Crippen LogP contribution in [-0.2, 0) is 19.3 Å². The predicted octanol–water partition coefficient (Wildman–Crippen LogP) is 3.97. The van der Waals surface area contributed by atoms with Crippen molar-refractivity contribution in [2.24, 2.45) is 11.1 Å². The van der Waals surface area contributed by atoms with E-state index in [-0.39, 0.29) is 5.41 Å². The lowest BCUT2D eigenvalue weighted by molar-refractivity contribution is 0.254. The standard InChI is InChI=1S/C18H20IN/c19-17-7-5-14(6-8-17)11-18(13-20)10-9-15-3-1-2-4-16(15)12-18/h1-8H,9-13,20H2. The maximum atomic E-state index is 6.17. The zero-order valence-electron chi connectivity index (χ0n) is 11.6. The summed E-state index contributed by atoms with van der Waals surface area (Å²) in [5, 5.41) is 0. The molecular weight excluding hydrogens is 357 g/mol. The Morgan fingerprint density at radius 2 is 1.70 bits per heavy atom. The largest absolute Gasteiger partial charge is 0.330 e. The number of fused-ring (bicyclic) bond motifs is 1. The third-order valence-corrected chi connectivity index (χ3v) is 5.25. The molecule has 2 heteroatoms. The van der Waals surface area contributed by atoms with Crippen LogP contribution in [0.5, 0.6) is 0 Å². The van der Waals surface area contributed by atoms with E-state index in [1.807, 2.05) is 0 Å². The summed E-state index contributed by atoms with van der Waals surface area (Å²) in [4.78, 5) is 0. The number of nitrogens with two attached hydrogens (primary N) is 1. The molecule has 1 atom stereocenters. The van der Waals surface area contributed by atoms with Gasteiger partial charge in [-0.05, 0) is 89.1 Å². The van der Waals surface area contributed by atoms with E-state index in [0.29, 0.717) is 0 Å². The highest BCUT2D eigenvalue weighted by molar-refractivity contribution is 14.1. The highest BCUT2D eigenvalue weighted by Gasteiger charge is 2.33. The average molecular weight is 377 g/mol. The van der Waals surface area contributed by atoms with Crippen molar-refractivity contribution < 1.29 is 0 Å². The molecule has 0 saturated carbocycles. The molecule has 2 N–H and O–H groups in total. The molecule has 2 aromatic rings. The summed E-state index contributed by atoms with van der Waals surface area (Å²) in [6.07, 6.45) is 4.57. The first-order valence-electron chi connectivity index (χ1n) is 7.22. The average Bonchev–Trinajstić information content (AvgIpc) is 2.49. The van der Waals surface area contributed by atoms with Gasteiger partial charge in [0.05, 0.1) is 0 Å². The molecular formula is C18H20IN. The molecule has 0 bridgehead atoms. The maximum absolute atomic E-state index is 6.17. The fourth-order valence-electron chi connectivity index (χ4n) is 3.30. The number of hydrogen-bond acceptors (Lipinski definition) is 1. The van der Waals surface area contributed by atoms with Crippen molar-refractivity contribution in [2.75, 3.05) is 6.54 Å². The van der Waals surface area contributed by atoms with E-state index in [1.165, 1.54) is 26.7 Å². The van der Waals surface area contributed by atoms with Crippen molar-refractivity contribution in [3.05, 3.63) is 68.8 Å². The van der Waals surface area contributed by atoms with Gasteiger partial charge in [0.1, 0.15) is 0 Å². The summed E-state index contributed by atoms with van der Waals surface area (Å²) in [5.41, 5.74) is 10.8. The van der Waals surface area contributed by atoms with E-state index in [0.717, 1.165) is 25.8 Å². The zero-order chi connectivity index (χ0) is 14.0. The van der Waals surface area contributed by atoms with Crippen LogP contribution in [0.4, 0.5) is 0 Å². The predicted molar refractivity (Wildman–Crippen MR) is 92.8 cm³/mol. The Bertz CT molecular complexity index is 591. The van der Waals surface area contributed by atoms with Crippen LogP contribution in [-0.4, -0.2) is 6.54 Å². The third-order valence-electron chi connectivity index (χ3n) is 4.53. The molecule has 1 aliphatic carbocycles. The monoisotopic (exact) mass is 377 g/mol. The van der Waals surface area contributed by atoms with Crippen molar-refractivity contribution in [1.82, 2.24) is 0 Å². The normalized spacial score (nSPS) is 21.5. The van der Waals surface area contributed by atoms with Crippen LogP contribution in [0, 0.1) is 8.99 Å². The Balaban J connectivity index is 1.84. The van der Waals surface area contributed by atoms with E-state index in [4.69, 9.17) is 5.73 Å². The molecule has 0 aromatic heterocycles. The molecule has 104 valence electrons. The first-order valence-corrected chi connectivity index (χ1v) is 8.30. The minimum Gasteiger partial charge on any atom is -0.330 e. The molecule has 0 radical (unpaired) electrons. The van der Waals surface area contributed by atoms with Gasteiger partial charge in [-0.2, -0.15) is 0 Å². The van der Waals surface area contributed by atoms with Gasteiger partial charge in [0, 0.05) is 3.57 Å². The minimum atomic E-state index is 0.237. The SMILES string of the molecule is NCC1(Cc2ccc(I)cc2)CCc2ccccc2C1. The third kappa shape index (κ3) is 2.91. The number of benzene rings is 2. The molecule has 2 aromatic carbocycles. The van der Waals surface area contributed by atoms with Crippen molar-refractivity contribution in [1.29, 1.82) is 0 Å². The lowest BCUT2D eigenvalue weighted by Gasteiger charge is -2.37. The van der Waals surface area contributed by atoms with Crippen molar-refractivity contribution in [2.45, 2.75) is 25.7 Å². The Morgan fingerprint density at radius 3 is 2.40 bits per heavy atom. The molecule has 1 aliphatic rings. The molecule has 0 heterocycles. The van der Waals surface area contributed by atoms with Gasteiger partial charge in [-0.1, -0.05) is 36.4 Å². The fraction of sp³-hybridized carbons (Fsp3) is 0.333.